The Labute approximate surface area is 94.5 Å². The molecule has 1 unspecified atom stereocenters. The van der Waals surface area contributed by atoms with Crippen LogP contribution in [0, 0.1) is 0 Å². The Balaban J connectivity index is 2.08. The lowest BCUT2D eigenvalue weighted by Crippen LogP contribution is -2.12. The van der Waals surface area contributed by atoms with Gasteiger partial charge in [0.05, 0.1) is 0 Å². The first kappa shape index (κ1) is 10.3. The Morgan fingerprint density at radius 3 is 2.67 bits per heavy atom. The lowest BCUT2D eigenvalue weighted by Gasteiger charge is -2.08. The molecule has 0 aliphatic heterocycles. The van der Waals surface area contributed by atoms with E-state index in [4.69, 9.17) is 5.73 Å². The standard InChI is InChI=1S/C9H9N3OS2/c10-7-1-3-8(4-2-7)15(13)12-9-11-5-6-14-9/h1-6H,10H2,(H,11,12). The molecule has 3 N–H and O–H groups in total. The van der Waals surface area contributed by atoms with Gasteiger partial charge in [-0.2, -0.15) is 4.72 Å². The van der Waals surface area contributed by atoms with Gasteiger partial charge in [-0.25, -0.2) is 4.98 Å². The zero-order valence-corrected chi connectivity index (χ0v) is 9.35. The predicted octanol–water partition coefficient (Wildman–Crippen LogP) is 1.86. The van der Waals surface area contributed by atoms with Crippen LogP contribution in [-0.2, 0) is 11.4 Å². The number of nitrogens with zero attached hydrogens (tertiary/aromatic N) is 1. The van der Waals surface area contributed by atoms with Gasteiger partial charge < -0.3 is 10.3 Å². The average molecular weight is 239 g/mol. The SMILES string of the molecule is Nc1ccc([S+]([O-])Nc2nccs2)cc1. The highest BCUT2D eigenvalue weighted by atomic mass is 32.2. The summed E-state index contributed by atoms with van der Waals surface area (Å²) in [4.78, 5) is 4.67. The van der Waals surface area contributed by atoms with Gasteiger partial charge >= 0.3 is 0 Å². The molecule has 1 heterocycles. The van der Waals surface area contributed by atoms with E-state index in [1.165, 1.54) is 11.3 Å². The fourth-order valence-corrected chi connectivity index (χ4v) is 2.51. The highest BCUT2D eigenvalue weighted by Gasteiger charge is 2.12. The number of aromatic nitrogens is 1. The molecule has 0 amide bonds. The topological polar surface area (TPSA) is 74.0 Å². The molecule has 2 aromatic rings. The van der Waals surface area contributed by atoms with E-state index >= 15 is 0 Å². The van der Waals surface area contributed by atoms with E-state index in [1.807, 2.05) is 5.38 Å². The third-order valence-corrected chi connectivity index (χ3v) is 3.60. The van der Waals surface area contributed by atoms with E-state index in [-0.39, 0.29) is 0 Å². The van der Waals surface area contributed by atoms with Crippen LogP contribution in [0.1, 0.15) is 0 Å². The number of anilines is 2. The fourth-order valence-electron chi connectivity index (χ4n) is 1.00. The molecule has 0 spiro atoms. The van der Waals surface area contributed by atoms with Gasteiger partial charge in [-0.05, 0) is 24.3 Å². The zero-order chi connectivity index (χ0) is 10.7. The quantitative estimate of drug-likeness (QED) is 0.633. The minimum atomic E-state index is -1.28. The van der Waals surface area contributed by atoms with Gasteiger partial charge in [0.2, 0.25) is 5.13 Å². The predicted molar refractivity (Wildman–Crippen MR) is 63.0 cm³/mol. The molecule has 1 atom stereocenters. The highest BCUT2D eigenvalue weighted by molar-refractivity contribution is 7.93. The molecular weight excluding hydrogens is 230 g/mol. The first-order chi connectivity index (χ1) is 7.25. The van der Waals surface area contributed by atoms with E-state index in [2.05, 4.69) is 9.71 Å². The average Bonchev–Trinajstić information content (AvgIpc) is 2.71. The first-order valence-corrected chi connectivity index (χ1v) is 6.22. The number of benzene rings is 1. The van der Waals surface area contributed by atoms with Gasteiger partial charge in [0.15, 0.2) is 4.90 Å². The molecule has 1 aromatic carbocycles. The normalized spacial score (nSPS) is 12.3. The number of thiazole rings is 1. The van der Waals surface area contributed by atoms with Crippen molar-refractivity contribution in [1.82, 2.24) is 4.98 Å². The minimum Gasteiger partial charge on any atom is -0.588 e. The lowest BCUT2D eigenvalue weighted by molar-refractivity contribution is 0.600. The Kier molecular flexibility index (Phi) is 3.10. The molecule has 78 valence electrons. The Bertz CT molecular complexity index is 415. The first-order valence-electron chi connectivity index (χ1n) is 4.19. The van der Waals surface area contributed by atoms with E-state index < -0.39 is 11.4 Å². The number of nitrogens with two attached hydrogens (primary N) is 1. The second kappa shape index (κ2) is 4.52. The van der Waals surface area contributed by atoms with Gasteiger partial charge in [0.25, 0.3) is 0 Å². The Hall–Kier alpha value is -1.24. The van der Waals surface area contributed by atoms with Crippen molar-refractivity contribution < 1.29 is 4.55 Å². The summed E-state index contributed by atoms with van der Waals surface area (Å²) in [5.41, 5.74) is 6.19. The molecule has 0 saturated carbocycles. The number of hydrogen-bond acceptors (Lipinski definition) is 5. The van der Waals surface area contributed by atoms with Crippen LogP contribution < -0.4 is 10.5 Å². The smallest absolute Gasteiger partial charge is 0.226 e. The second-order valence-corrected chi connectivity index (χ2v) is 4.88. The molecule has 0 fully saturated rings. The highest BCUT2D eigenvalue weighted by Crippen LogP contribution is 2.18. The third-order valence-electron chi connectivity index (χ3n) is 1.71. The van der Waals surface area contributed by atoms with E-state index in [0.717, 1.165) is 0 Å². The zero-order valence-electron chi connectivity index (χ0n) is 7.71. The molecule has 15 heavy (non-hydrogen) atoms. The van der Waals surface area contributed by atoms with Crippen LogP contribution in [-0.4, -0.2) is 9.54 Å². The largest absolute Gasteiger partial charge is 0.588 e. The monoisotopic (exact) mass is 239 g/mol. The molecular formula is C9H9N3OS2. The van der Waals surface area contributed by atoms with Gasteiger partial charge in [-0.3, -0.25) is 0 Å². The summed E-state index contributed by atoms with van der Waals surface area (Å²) in [7, 11) is 0. The van der Waals surface area contributed by atoms with E-state index in [1.54, 1.807) is 30.5 Å². The van der Waals surface area contributed by atoms with Crippen molar-refractivity contribution in [3.05, 3.63) is 35.8 Å². The van der Waals surface area contributed by atoms with Crippen molar-refractivity contribution in [2.75, 3.05) is 10.5 Å². The molecule has 4 nitrogen and oxygen atoms in total. The molecule has 6 heteroatoms. The van der Waals surface area contributed by atoms with Crippen LogP contribution >= 0.6 is 11.3 Å². The van der Waals surface area contributed by atoms with Gasteiger partial charge in [0.1, 0.15) is 11.4 Å². The maximum Gasteiger partial charge on any atom is 0.226 e. The molecule has 0 saturated heterocycles. The summed E-state index contributed by atoms with van der Waals surface area (Å²) < 4.78 is 14.5. The summed E-state index contributed by atoms with van der Waals surface area (Å²) in [5, 5.41) is 2.47. The van der Waals surface area contributed by atoms with Gasteiger partial charge in [0, 0.05) is 17.3 Å². The molecule has 0 radical (unpaired) electrons. The lowest BCUT2D eigenvalue weighted by atomic mass is 10.3. The third kappa shape index (κ3) is 2.62. The van der Waals surface area contributed by atoms with Crippen LogP contribution in [0.4, 0.5) is 10.8 Å². The van der Waals surface area contributed by atoms with Gasteiger partial charge in [-0.1, -0.05) is 0 Å². The van der Waals surface area contributed by atoms with E-state index in [9.17, 15) is 4.55 Å². The van der Waals surface area contributed by atoms with Crippen molar-refractivity contribution in [3.63, 3.8) is 0 Å². The molecule has 0 aliphatic carbocycles. The molecule has 0 bridgehead atoms. The van der Waals surface area contributed by atoms with Crippen LogP contribution in [0.15, 0.2) is 40.7 Å². The van der Waals surface area contributed by atoms with Crippen LogP contribution in [0.3, 0.4) is 0 Å². The molecule has 0 aliphatic rings. The van der Waals surface area contributed by atoms with Crippen molar-refractivity contribution in [1.29, 1.82) is 0 Å². The summed E-state index contributed by atoms with van der Waals surface area (Å²) >= 11 is 0.130. The van der Waals surface area contributed by atoms with Crippen molar-refractivity contribution >= 4 is 33.5 Å². The van der Waals surface area contributed by atoms with Crippen LogP contribution in [0.2, 0.25) is 0 Å². The van der Waals surface area contributed by atoms with Crippen LogP contribution in [0.25, 0.3) is 0 Å². The minimum absolute atomic E-state index is 0.644. The number of rotatable bonds is 3. The Morgan fingerprint density at radius 2 is 2.07 bits per heavy atom. The maximum atomic E-state index is 11.7. The fraction of sp³-hybridized carbons (Fsp3) is 0. The summed E-state index contributed by atoms with van der Waals surface area (Å²) in [5.74, 6) is 0. The van der Waals surface area contributed by atoms with Gasteiger partial charge in [-0.15, -0.1) is 11.3 Å². The number of nitrogen functional groups attached to an aromatic ring is 1. The summed E-state index contributed by atoms with van der Waals surface area (Å²) in [6.45, 7) is 0. The molecule has 2 rings (SSSR count). The number of nitrogens with one attached hydrogen (secondary N) is 1. The maximum absolute atomic E-state index is 11.7. The summed E-state index contributed by atoms with van der Waals surface area (Å²) in [6, 6.07) is 6.89. The number of hydrogen-bond donors (Lipinski definition) is 2. The van der Waals surface area contributed by atoms with Crippen molar-refractivity contribution in [2.45, 2.75) is 4.90 Å². The van der Waals surface area contributed by atoms with Crippen LogP contribution in [0.5, 0.6) is 0 Å². The Morgan fingerprint density at radius 1 is 1.33 bits per heavy atom. The molecule has 1 aromatic heterocycles. The van der Waals surface area contributed by atoms with Crippen molar-refractivity contribution in [3.8, 4) is 0 Å². The van der Waals surface area contributed by atoms with Crippen molar-refractivity contribution in [2.24, 2.45) is 0 Å². The summed E-state index contributed by atoms with van der Waals surface area (Å²) in [6.07, 6.45) is 1.66. The van der Waals surface area contributed by atoms with E-state index in [0.29, 0.717) is 15.7 Å². The second-order valence-electron chi connectivity index (χ2n) is 2.78.